The van der Waals surface area contributed by atoms with E-state index in [4.69, 9.17) is 9.47 Å². The first-order valence-electron chi connectivity index (χ1n) is 9.86. The molecule has 1 N–H and O–H groups in total. The molecule has 0 aliphatic rings. The van der Waals surface area contributed by atoms with E-state index in [9.17, 15) is 4.79 Å². The molecule has 2 rings (SSSR count). The van der Waals surface area contributed by atoms with E-state index in [-0.39, 0.29) is 11.9 Å². The summed E-state index contributed by atoms with van der Waals surface area (Å²) < 4.78 is 11.4. The van der Waals surface area contributed by atoms with Crippen LogP contribution in [0, 0.1) is 20.8 Å². The van der Waals surface area contributed by atoms with Crippen molar-refractivity contribution in [2.24, 2.45) is 0 Å². The average Bonchev–Trinajstić information content (AvgIpc) is 2.59. The Balaban J connectivity index is 2.14. The molecule has 0 aromatic heterocycles. The summed E-state index contributed by atoms with van der Waals surface area (Å²) in [5, 5.41) is 3.09. The highest BCUT2D eigenvalue weighted by Gasteiger charge is 2.20. The molecule has 0 saturated heterocycles. The van der Waals surface area contributed by atoms with Gasteiger partial charge in [0.25, 0.3) is 5.91 Å². The first-order chi connectivity index (χ1) is 13.1. The van der Waals surface area contributed by atoms with Gasteiger partial charge in [-0.25, -0.2) is 0 Å². The van der Waals surface area contributed by atoms with Crippen LogP contribution in [0.15, 0.2) is 30.3 Å². The van der Waals surface area contributed by atoms with Crippen LogP contribution in [0.2, 0.25) is 0 Å². The number of methoxy groups -OCH3 is 1. The Morgan fingerprint density at radius 1 is 0.893 bits per heavy atom. The SMILES string of the molecule is COc1cc(C)c([C@@H](C)NC(=O)[C@@H](C)Oc2cc(C)cc(C)c2)cc1C(C)C. The number of benzene rings is 2. The number of rotatable bonds is 7. The number of hydrogen-bond donors (Lipinski definition) is 1. The average molecular weight is 384 g/mol. The van der Waals surface area contributed by atoms with Gasteiger partial charge in [-0.1, -0.05) is 19.9 Å². The van der Waals surface area contributed by atoms with Crippen LogP contribution in [0.5, 0.6) is 11.5 Å². The van der Waals surface area contributed by atoms with Crippen molar-refractivity contribution in [3.8, 4) is 11.5 Å². The summed E-state index contributed by atoms with van der Waals surface area (Å²) in [6.45, 7) is 14.1. The molecule has 0 spiro atoms. The van der Waals surface area contributed by atoms with E-state index >= 15 is 0 Å². The molecule has 2 atom stereocenters. The molecular weight excluding hydrogens is 350 g/mol. The van der Waals surface area contributed by atoms with Gasteiger partial charge in [-0.15, -0.1) is 0 Å². The van der Waals surface area contributed by atoms with Crippen LogP contribution in [-0.4, -0.2) is 19.1 Å². The van der Waals surface area contributed by atoms with E-state index in [1.54, 1.807) is 14.0 Å². The van der Waals surface area contributed by atoms with Crippen LogP contribution in [0.3, 0.4) is 0 Å². The molecule has 4 heteroatoms. The summed E-state index contributed by atoms with van der Waals surface area (Å²) in [6.07, 6.45) is -0.577. The van der Waals surface area contributed by atoms with E-state index in [1.165, 1.54) is 0 Å². The van der Waals surface area contributed by atoms with E-state index in [1.807, 2.05) is 45.9 Å². The third-order valence-corrected chi connectivity index (χ3v) is 4.94. The number of carbonyl (C=O) groups is 1. The van der Waals surface area contributed by atoms with Crippen LogP contribution < -0.4 is 14.8 Å². The van der Waals surface area contributed by atoms with E-state index < -0.39 is 6.10 Å². The van der Waals surface area contributed by atoms with Crippen molar-refractivity contribution in [1.29, 1.82) is 0 Å². The summed E-state index contributed by atoms with van der Waals surface area (Å²) in [5.74, 6) is 1.81. The Kier molecular flexibility index (Phi) is 7.11. The van der Waals surface area contributed by atoms with Gasteiger partial charge in [0, 0.05) is 0 Å². The molecule has 28 heavy (non-hydrogen) atoms. The Morgan fingerprint density at radius 2 is 1.50 bits per heavy atom. The van der Waals surface area contributed by atoms with Crippen LogP contribution in [0.4, 0.5) is 0 Å². The fraction of sp³-hybridized carbons (Fsp3) is 0.458. The van der Waals surface area contributed by atoms with Crippen LogP contribution >= 0.6 is 0 Å². The summed E-state index contributed by atoms with van der Waals surface area (Å²) in [6, 6.07) is 10.0. The molecule has 0 heterocycles. The summed E-state index contributed by atoms with van der Waals surface area (Å²) in [5.41, 5.74) is 5.56. The number of ether oxygens (including phenoxy) is 2. The highest BCUT2D eigenvalue weighted by molar-refractivity contribution is 5.81. The second-order valence-electron chi connectivity index (χ2n) is 7.92. The second kappa shape index (κ2) is 9.13. The molecule has 0 aliphatic carbocycles. The fourth-order valence-corrected chi connectivity index (χ4v) is 3.48. The van der Waals surface area contributed by atoms with Crippen LogP contribution in [0.1, 0.15) is 67.5 Å². The van der Waals surface area contributed by atoms with Gasteiger partial charge in [-0.05, 0) is 92.6 Å². The van der Waals surface area contributed by atoms with Crippen molar-refractivity contribution in [2.75, 3.05) is 7.11 Å². The monoisotopic (exact) mass is 383 g/mol. The van der Waals surface area contributed by atoms with E-state index in [0.717, 1.165) is 39.3 Å². The van der Waals surface area contributed by atoms with Gasteiger partial charge in [-0.3, -0.25) is 4.79 Å². The fourth-order valence-electron chi connectivity index (χ4n) is 3.48. The Morgan fingerprint density at radius 3 is 2.04 bits per heavy atom. The zero-order chi connectivity index (χ0) is 21.0. The predicted molar refractivity (Wildman–Crippen MR) is 114 cm³/mol. The predicted octanol–water partition coefficient (Wildman–Crippen LogP) is 5.39. The minimum atomic E-state index is -0.577. The minimum absolute atomic E-state index is 0.124. The lowest BCUT2D eigenvalue weighted by Gasteiger charge is -2.23. The maximum Gasteiger partial charge on any atom is 0.261 e. The maximum atomic E-state index is 12.7. The van der Waals surface area contributed by atoms with Gasteiger partial charge in [0.1, 0.15) is 11.5 Å². The van der Waals surface area contributed by atoms with Crippen LogP contribution in [-0.2, 0) is 4.79 Å². The molecule has 4 nitrogen and oxygen atoms in total. The van der Waals surface area contributed by atoms with Crippen molar-refractivity contribution in [1.82, 2.24) is 5.32 Å². The molecule has 1 amide bonds. The normalized spacial score (nSPS) is 13.2. The largest absolute Gasteiger partial charge is 0.496 e. The summed E-state index contributed by atoms with van der Waals surface area (Å²) in [7, 11) is 1.69. The molecule has 0 bridgehead atoms. The smallest absolute Gasteiger partial charge is 0.261 e. The number of aryl methyl sites for hydroxylation is 3. The van der Waals surface area contributed by atoms with E-state index in [2.05, 4.69) is 31.3 Å². The third kappa shape index (κ3) is 5.28. The molecule has 0 fully saturated rings. The summed E-state index contributed by atoms with van der Waals surface area (Å²) >= 11 is 0. The maximum absolute atomic E-state index is 12.7. The van der Waals surface area contributed by atoms with Crippen molar-refractivity contribution in [2.45, 2.75) is 66.5 Å². The van der Waals surface area contributed by atoms with Gasteiger partial charge >= 0.3 is 0 Å². The van der Waals surface area contributed by atoms with E-state index in [0.29, 0.717) is 5.92 Å². The van der Waals surface area contributed by atoms with Gasteiger partial charge in [-0.2, -0.15) is 0 Å². The lowest BCUT2D eigenvalue weighted by atomic mass is 9.93. The molecular formula is C24H33NO3. The lowest BCUT2D eigenvalue weighted by Crippen LogP contribution is -2.38. The Hall–Kier alpha value is -2.49. The lowest BCUT2D eigenvalue weighted by molar-refractivity contribution is -0.127. The van der Waals surface area contributed by atoms with Gasteiger partial charge in [0.15, 0.2) is 6.10 Å². The number of hydrogen-bond acceptors (Lipinski definition) is 3. The topological polar surface area (TPSA) is 47.6 Å². The van der Waals surface area contributed by atoms with Crippen molar-refractivity contribution in [3.05, 3.63) is 58.1 Å². The first kappa shape index (κ1) is 21.8. The zero-order valence-corrected chi connectivity index (χ0v) is 18.3. The number of carbonyl (C=O) groups excluding carboxylic acids is 1. The third-order valence-electron chi connectivity index (χ3n) is 4.94. The number of amides is 1. The molecule has 152 valence electrons. The molecule has 2 aromatic carbocycles. The summed E-state index contributed by atoms with van der Waals surface area (Å²) in [4.78, 5) is 12.7. The molecule has 0 radical (unpaired) electrons. The first-order valence-corrected chi connectivity index (χ1v) is 9.86. The van der Waals surface area contributed by atoms with Gasteiger partial charge < -0.3 is 14.8 Å². The highest BCUT2D eigenvalue weighted by atomic mass is 16.5. The number of nitrogens with one attached hydrogen (secondary N) is 1. The van der Waals surface area contributed by atoms with Gasteiger partial charge in [0.05, 0.1) is 13.2 Å². The van der Waals surface area contributed by atoms with Crippen molar-refractivity contribution >= 4 is 5.91 Å². The minimum Gasteiger partial charge on any atom is -0.496 e. The standard InChI is InChI=1S/C24H33NO3/c1-14(2)21-13-22(17(5)12-23(21)27-8)18(6)25-24(26)19(7)28-20-10-15(3)9-16(4)11-20/h9-14,18-19H,1-8H3,(H,25,26)/t18-,19-/m1/s1. The zero-order valence-electron chi connectivity index (χ0n) is 18.3. The Labute approximate surface area is 169 Å². The van der Waals surface area contributed by atoms with Crippen molar-refractivity contribution < 1.29 is 14.3 Å². The molecule has 0 unspecified atom stereocenters. The molecule has 0 saturated carbocycles. The second-order valence-corrected chi connectivity index (χ2v) is 7.92. The molecule has 0 aliphatic heterocycles. The van der Waals surface area contributed by atoms with Crippen LogP contribution in [0.25, 0.3) is 0 Å². The highest BCUT2D eigenvalue weighted by Crippen LogP contribution is 2.32. The quantitative estimate of drug-likeness (QED) is 0.697. The van der Waals surface area contributed by atoms with Gasteiger partial charge in [0.2, 0.25) is 0 Å². The Bertz CT molecular complexity index is 822. The molecule has 2 aromatic rings. The van der Waals surface area contributed by atoms with Crippen molar-refractivity contribution in [3.63, 3.8) is 0 Å².